The first kappa shape index (κ1) is 14.3. The van der Waals surface area contributed by atoms with Crippen LogP contribution in [0.2, 0.25) is 0 Å². The van der Waals surface area contributed by atoms with E-state index in [4.69, 9.17) is 9.47 Å². The summed E-state index contributed by atoms with van der Waals surface area (Å²) in [5.41, 5.74) is 0. The van der Waals surface area contributed by atoms with E-state index < -0.39 is 0 Å². The lowest BCUT2D eigenvalue weighted by atomic mass is 9.97. The van der Waals surface area contributed by atoms with Crippen molar-refractivity contribution in [3.63, 3.8) is 0 Å². The molecule has 0 spiro atoms. The molecule has 2 saturated heterocycles. The maximum absolute atomic E-state index is 5.79. The van der Waals surface area contributed by atoms with Crippen molar-refractivity contribution in [1.29, 1.82) is 0 Å². The normalized spacial score (nSPS) is 35.0. The number of rotatable bonds is 4. The number of hydrogen-bond acceptors (Lipinski definition) is 4. The molecule has 0 aromatic carbocycles. The van der Waals surface area contributed by atoms with E-state index in [1.54, 1.807) is 0 Å². The van der Waals surface area contributed by atoms with Crippen LogP contribution in [0.5, 0.6) is 0 Å². The first-order chi connectivity index (χ1) is 8.70. The molecule has 2 heterocycles. The van der Waals surface area contributed by atoms with Gasteiger partial charge in [0.15, 0.2) is 0 Å². The van der Waals surface area contributed by atoms with E-state index in [2.05, 4.69) is 31.0 Å². The highest BCUT2D eigenvalue weighted by Gasteiger charge is 2.31. The monoisotopic (exact) mass is 256 g/mol. The molecule has 18 heavy (non-hydrogen) atoms. The van der Waals surface area contributed by atoms with Gasteiger partial charge in [-0.1, -0.05) is 20.8 Å². The van der Waals surface area contributed by atoms with Crippen LogP contribution < -0.4 is 5.32 Å². The highest BCUT2D eigenvalue weighted by Crippen LogP contribution is 2.18. The maximum Gasteiger partial charge on any atom is 0.0936 e. The van der Waals surface area contributed by atoms with Crippen molar-refractivity contribution in [3.05, 3.63) is 0 Å². The summed E-state index contributed by atoms with van der Waals surface area (Å²) in [6.07, 6.45) is 1.46. The maximum atomic E-state index is 5.79. The molecule has 2 rings (SSSR count). The third-order valence-corrected chi connectivity index (χ3v) is 4.13. The van der Waals surface area contributed by atoms with E-state index in [0.717, 1.165) is 39.5 Å². The second-order valence-electron chi connectivity index (χ2n) is 5.85. The van der Waals surface area contributed by atoms with Crippen LogP contribution >= 0.6 is 0 Å². The Labute approximate surface area is 111 Å². The van der Waals surface area contributed by atoms with Crippen molar-refractivity contribution in [2.24, 2.45) is 5.92 Å². The zero-order valence-electron chi connectivity index (χ0n) is 12.0. The lowest BCUT2D eigenvalue weighted by Crippen LogP contribution is -2.60. The molecule has 0 radical (unpaired) electrons. The van der Waals surface area contributed by atoms with Crippen LogP contribution in [0.4, 0.5) is 0 Å². The second-order valence-corrected chi connectivity index (χ2v) is 5.85. The molecule has 106 valence electrons. The predicted molar refractivity (Wildman–Crippen MR) is 72.8 cm³/mol. The van der Waals surface area contributed by atoms with Gasteiger partial charge in [0.2, 0.25) is 0 Å². The minimum absolute atomic E-state index is 0.260. The molecule has 0 aromatic heterocycles. The summed E-state index contributed by atoms with van der Waals surface area (Å²) >= 11 is 0. The summed E-state index contributed by atoms with van der Waals surface area (Å²) in [6, 6.07) is 1.25. The molecule has 2 aliphatic heterocycles. The molecule has 0 amide bonds. The molecule has 2 aliphatic rings. The van der Waals surface area contributed by atoms with Crippen molar-refractivity contribution >= 4 is 0 Å². The first-order valence-electron chi connectivity index (χ1n) is 7.37. The molecule has 3 atom stereocenters. The molecule has 4 heteroatoms. The summed E-state index contributed by atoms with van der Waals surface area (Å²) in [7, 11) is 0. The number of nitrogens with zero attached hydrogens (tertiary/aromatic N) is 1. The van der Waals surface area contributed by atoms with Crippen molar-refractivity contribution < 1.29 is 9.47 Å². The largest absolute Gasteiger partial charge is 0.376 e. The van der Waals surface area contributed by atoms with Gasteiger partial charge in [0.25, 0.3) is 0 Å². The lowest BCUT2D eigenvalue weighted by Gasteiger charge is -2.44. The van der Waals surface area contributed by atoms with E-state index in [1.165, 1.54) is 6.42 Å². The van der Waals surface area contributed by atoms with Gasteiger partial charge in [0, 0.05) is 31.7 Å². The van der Waals surface area contributed by atoms with Gasteiger partial charge >= 0.3 is 0 Å². The predicted octanol–water partition coefficient (Wildman–Crippen LogP) is 1.11. The average Bonchev–Trinajstić information content (AvgIpc) is 2.39. The van der Waals surface area contributed by atoms with Crippen LogP contribution in [0, 0.1) is 5.92 Å². The Hall–Kier alpha value is -0.160. The van der Waals surface area contributed by atoms with Gasteiger partial charge in [-0.05, 0) is 12.3 Å². The average molecular weight is 256 g/mol. The van der Waals surface area contributed by atoms with Crippen LogP contribution in [-0.2, 0) is 9.47 Å². The Morgan fingerprint density at radius 2 is 2.17 bits per heavy atom. The van der Waals surface area contributed by atoms with Crippen molar-refractivity contribution in [2.45, 2.75) is 45.4 Å². The summed E-state index contributed by atoms with van der Waals surface area (Å²) in [6.45, 7) is 12.4. The SMILES string of the molecule is CCC1CN(CC2COCCO2)C(C(C)C)CN1. The third-order valence-electron chi connectivity index (χ3n) is 4.13. The van der Waals surface area contributed by atoms with E-state index in [-0.39, 0.29) is 6.10 Å². The Bertz CT molecular complexity index is 242. The van der Waals surface area contributed by atoms with Crippen LogP contribution in [-0.4, -0.2) is 62.5 Å². The van der Waals surface area contributed by atoms with Gasteiger partial charge in [0.1, 0.15) is 0 Å². The van der Waals surface area contributed by atoms with E-state index in [0.29, 0.717) is 18.0 Å². The number of piperazine rings is 1. The molecular weight excluding hydrogens is 228 g/mol. The Kier molecular flexibility index (Phi) is 5.42. The highest BCUT2D eigenvalue weighted by atomic mass is 16.6. The van der Waals surface area contributed by atoms with Crippen LogP contribution in [0.3, 0.4) is 0 Å². The lowest BCUT2D eigenvalue weighted by molar-refractivity contribution is -0.105. The topological polar surface area (TPSA) is 33.7 Å². The quantitative estimate of drug-likeness (QED) is 0.817. The van der Waals surface area contributed by atoms with Gasteiger partial charge in [0.05, 0.1) is 25.9 Å². The standard InChI is InChI=1S/C14H28N2O2/c1-4-12-8-16(14(7-15-12)11(2)3)9-13-10-17-5-6-18-13/h11-15H,4-10H2,1-3H3. The molecule has 1 N–H and O–H groups in total. The molecule has 4 nitrogen and oxygen atoms in total. The second kappa shape index (κ2) is 6.85. The van der Waals surface area contributed by atoms with E-state index in [1.807, 2.05) is 0 Å². The number of hydrogen-bond donors (Lipinski definition) is 1. The molecule has 0 aromatic rings. The minimum Gasteiger partial charge on any atom is -0.376 e. The summed E-state index contributed by atoms with van der Waals surface area (Å²) in [5, 5.41) is 3.65. The van der Waals surface area contributed by atoms with Gasteiger partial charge in [-0.25, -0.2) is 0 Å². The molecule has 2 fully saturated rings. The Morgan fingerprint density at radius 1 is 1.33 bits per heavy atom. The van der Waals surface area contributed by atoms with E-state index >= 15 is 0 Å². The smallest absolute Gasteiger partial charge is 0.0936 e. The fourth-order valence-corrected chi connectivity index (χ4v) is 2.94. The fourth-order valence-electron chi connectivity index (χ4n) is 2.94. The zero-order chi connectivity index (χ0) is 13.0. The minimum atomic E-state index is 0.260. The molecule has 0 bridgehead atoms. The first-order valence-corrected chi connectivity index (χ1v) is 7.37. The Balaban J connectivity index is 1.91. The zero-order valence-corrected chi connectivity index (χ0v) is 12.0. The molecule has 3 unspecified atom stereocenters. The summed E-state index contributed by atoms with van der Waals surface area (Å²) in [4.78, 5) is 2.61. The van der Waals surface area contributed by atoms with Gasteiger partial charge in [-0.15, -0.1) is 0 Å². The third kappa shape index (κ3) is 3.67. The van der Waals surface area contributed by atoms with Crippen LogP contribution in [0.25, 0.3) is 0 Å². The van der Waals surface area contributed by atoms with Crippen LogP contribution in [0.15, 0.2) is 0 Å². The van der Waals surface area contributed by atoms with Crippen molar-refractivity contribution in [2.75, 3.05) is 39.5 Å². The molecule has 0 saturated carbocycles. The van der Waals surface area contributed by atoms with Gasteiger partial charge in [-0.2, -0.15) is 0 Å². The van der Waals surface area contributed by atoms with Gasteiger partial charge in [-0.3, -0.25) is 4.90 Å². The molecular formula is C14H28N2O2. The fraction of sp³-hybridized carbons (Fsp3) is 1.00. The molecule has 0 aliphatic carbocycles. The van der Waals surface area contributed by atoms with Gasteiger partial charge < -0.3 is 14.8 Å². The van der Waals surface area contributed by atoms with Crippen LogP contribution in [0.1, 0.15) is 27.2 Å². The summed E-state index contributed by atoms with van der Waals surface area (Å²) < 4.78 is 11.3. The number of nitrogens with one attached hydrogen (secondary N) is 1. The Morgan fingerprint density at radius 3 is 2.78 bits per heavy atom. The van der Waals surface area contributed by atoms with Crippen molar-refractivity contribution in [3.8, 4) is 0 Å². The summed E-state index contributed by atoms with van der Waals surface area (Å²) in [5.74, 6) is 0.680. The van der Waals surface area contributed by atoms with Crippen molar-refractivity contribution in [1.82, 2.24) is 10.2 Å². The number of ether oxygens (including phenoxy) is 2. The highest BCUT2D eigenvalue weighted by molar-refractivity contribution is 4.88. The van der Waals surface area contributed by atoms with E-state index in [9.17, 15) is 0 Å².